The van der Waals surface area contributed by atoms with Crippen LogP contribution in [0.2, 0.25) is 0 Å². The molecule has 6 heteroatoms. The second-order valence-corrected chi connectivity index (χ2v) is 7.42. The number of benzene rings is 1. The van der Waals surface area contributed by atoms with E-state index in [2.05, 4.69) is 11.1 Å². The van der Waals surface area contributed by atoms with E-state index in [1.807, 2.05) is 39.8 Å². The van der Waals surface area contributed by atoms with E-state index in [1.54, 1.807) is 0 Å². The lowest BCUT2D eigenvalue weighted by Gasteiger charge is -2.09. The molecule has 2 aromatic heterocycles. The average molecular weight is 364 g/mol. The topological polar surface area (TPSA) is 106 Å². The second-order valence-electron chi connectivity index (χ2n) is 6.42. The van der Waals surface area contributed by atoms with E-state index < -0.39 is 0 Å². The van der Waals surface area contributed by atoms with E-state index in [0.29, 0.717) is 38.3 Å². The molecule has 132 valence electrons. The number of nitrogen functional groups attached to an aromatic ring is 2. The summed E-state index contributed by atoms with van der Waals surface area (Å²) in [4.78, 5) is 18.5. The zero-order chi connectivity index (χ0) is 19.2. The molecule has 1 aromatic carbocycles. The summed E-state index contributed by atoms with van der Waals surface area (Å²) in [5, 5.41) is 10.1. The molecule has 0 bridgehead atoms. The molecule has 0 aliphatic heterocycles. The highest BCUT2D eigenvalue weighted by Crippen LogP contribution is 2.39. The summed E-state index contributed by atoms with van der Waals surface area (Å²) in [5.74, 6) is 0.0599. The first-order valence-electron chi connectivity index (χ1n) is 8.33. The smallest absolute Gasteiger partial charge is 0.205 e. The minimum absolute atomic E-state index is 0.120. The first kappa shape index (κ1) is 17.9. The third-order valence-corrected chi connectivity index (χ3v) is 5.86. The van der Waals surface area contributed by atoms with Crippen molar-refractivity contribution in [3.8, 4) is 6.07 Å². The van der Waals surface area contributed by atoms with Gasteiger partial charge in [0.1, 0.15) is 21.6 Å². The van der Waals surface area contributed by atoms with Crippen LogP contribution in [0.5, 0.6) is 0 Å². The molecule has 3 rings (SSSR count). The Balaban J connectivity index is 2.28. The Morgan fingerprint density at radius 3 is 2.46 bits per heavy atom. The molecule has 0 amide bonds. The molecule has 0 unspecified atom stereocenters. The molecule has 0 radical (unpaired) electrons. The Labute approximate surface area is 156 Å². The van der Waals surface area contributed by atoms with Gasteiger partial charge in [-0.25, -0.2) is 4.98 Å². The molecule has 26 heavy (non-hydrogen) atoms. The first-order valence-corrected chi connectivity index (χ1v) is 9.14. The molecule has 0 saturated carbocycles. The first-order chi connectivity index (χ1) is 12.3. The number of rotatable bonds is 3. The van der Waals surface area contributed by atoms with Gasteiger partial charge in [-0.1, -0.05) is 13.0 Å². The van der Waals surface area contributed by atoms with Gasteiger partial charge in [0, 0.05) is 10.9 Å². The van der Waals surface area contributed by atoms with Crippen molar-refractivity contribution in [2.45, 2.75) is 34.1 Å². The van der Waals surface area contributed by atoms with Crippen molar-refractivity contribution < 1.29 is 4.79 Å². The second kappa shape index (κ2) is 6.43. The van der Waals surface area contributed by atoms with Crippen LogP contribution in [0, 0.1) is 32.1 Å². The zero-order valence-electron chi connectivity index (χ0n) is 15.2. The van der Waals surface area contributed by atoms with Crippen LogP contribution >= 0.6 is 11.3 Å². The van der Waals surface area contributed by atoms with Crippen molar-refractivity contribution in [2.75, 3.05) is 11.5 Å². The standard InChI is InChI=1S/C20H20N4OS/c1-5-12-14(8-21)19(23)24-20-15(12)16(22)18(26-20)17(25)13-7-10(3)9(2)6-11(13)4/h6-7H,5,22H2,1-4H3,(H2,23,24). The van der Waals surface area contributed by atoms with Crippen molar-refractivity contribution >= 4 is 38.8 Å². The zero-order valence-corrected chi connectivity index (χ0v) is 16.0. The molecule has 0 fully saturated rings. The van der Waals surface area contributed by atoms with Crippen LogP contribution < -0.4 is 11.5 Å². The Kier molecular flexibility index (Phi) is 4.43. The lowest BCUT2D eigenvalue weighted by molar-refractivity contribution is 0.104. The van der Waals surface area contributed by atoms with Gasteiger partial charge >= 0.3 is 0 Å². The number of ketones is 1. The van der Waals surface area contributed by atoms with Crippen LogP contribution in [0.1, 0.15) is 50.0 Å². The number of nitrogens with zero attached hydrogens (tertiary/aromatic N) is 2. The Morgan fingerprint density at radius 2 is 1.85 bits per heavy atom. The van der Waals surface area contributed by atoms with E-state index in [0.717, 1.165) is 22.3 Å². The van der Waals surface area contributed by atoms with E-state index in [9.17, 15) is 10.1 Å². The summed E-state index contributed by atoms with van der Waals surface area (Å²) in [7, 11) is 0. The lowest BCUT2D eigenvalue weighted by atomic mass is 9.96. The van der Waals surface area contributed by atoms with Crippen molar-refractivity contribution in [3.63, 3.8) is 0 Å². The predicted molar refractivity (Wildman–Crippen MR) is 107 cm³/mol. The molecular weight excluding hydrogens is 344 g/mol. The van der Waals surface area contributed by atoms with Gasteiger partial charge in [-0.15, -0.1) is 11.3 Å². The number of carbonyl (C=O) groups is 1. The number of pyridine rings is 1. The monoisotopic (exact) mass is 364 g/mol. The van der Waals surface area contributed by atoms with Crippen LogP contribution in [-0.2, 0) is 6.42 Å². The van der Waals surface area contributed by atoms with Crippen molar-refractivity contribution in [3.05, 3.63) is 50.4 Å². The maximum Gasteiger partial charge on any atom is 0.205 e. The fourth-order valence-corrected chi connectivity index (χ4v) is 4.31. The molecule has 0 atom stereocenters. The third kappa shape index (κ3) is 2.61. The molecule has 0 spiro atoms. The van der Waals surface area contributed by atoms with E-state index in [-0.39, 0.29) is 11.6 Å². The van der Waals surface area contributed by atoms with E-state index in [4.69, 9.17) is 11.5 Å². The fraction of sp³-hybridized carbons (Fsp3) is 0.250. The summed E-state index contributed by atoms with van der Waals surface area (Å²) in [5.41, 5.74) is 17.5. The van der Waals surface area contributed by atoms with E-state index in [1.165, 1.54) is 11.3 Å². The maximum absolute atomic E-state index is 13.2. The Bertz CT molecular complexity index is 1110. The number of carbonyl (C=O) groups excluding carboxylic acids is 1. The van der Waals surface area contributed by atoms with Crippen molar-refractivity contribution in [2.24, 2.45) is 0 Å². The molecule has 3 aromatic rings. The number of nitrogens with two attached hydrogens (primary N) is 2. The van der Waals surface area contributed by atoms with Crippen molar-refractivity contribution in [1.82, 2.24) is 4.98 Å². The van der Waals surface area contributed by atoms with Crippen LogP contribution in [-0.4, -0.2) is 10.8 Å². The molecule has 4 N–H and O–H groups in total. The molecule has 0 saturated heterocycles. The number of anilines is 2. The molecule has 0 aliphatic carbocycles. The van der Waals surface area contributed by atoms with Crippen LogP contribution in [0.4, 0.5) is 11.5 Å². The Morgan fingerprint density at radius 1 is 1.19 bits per heavy atom. The summed E-state index contributed by atoms with van der Waals surface area (Å²) in [6, 6.07) is 6.01. The fourth-order valence-electron chi connectivity index (χ4n) is 3.22. The molecular formula is C20H20N4OS. The van der Waals surface area contributed by atoms with E-state index >= 15 is 0 Å². The average Bonchev–Trinajstić information content (AvgIpc) is 2.92. The predicted octanol–water partition coefficient (Wildman–Crippen LogP) is 4.05. The highest BCUT2D eigenvalue weighted by Gasteiger charge is 2.24. The summed E-state index contributed by atoms with van der Waals surface area (Å²) >= 11 is 1.23. The van der Waals surface area contributed by atoms with Gasteiger partial charge in [0.25, 0.3) is 0 Å². The number of aromatic nitrogens is 1. The summed E-state index contributed by atoms with van der Waals surface area (Å²) in [6.07, 6.45) is 0.587. The molecule has 5 nitrogen and oxygen atoms in total. The number of hydrogen-bond acceptors (Lipinski definition) is 6. The van der Waals surface area contributed by atoms with Gasteiger partial charge in [-0.2, -0.15) is 5.26 Å². The van der Waals surface area contributed by atoms with Gasteiger partial charge in [0.2, 0.25) is 5.78 Å². The lowest BCUT2D eigenvalue weighted by Crippen LogP contribution is -2.06. The van der Waals surface area contributed by atoms with Crippen LogP contribution in [0.15, 0.2) is 12.1 Å². The van der Waals surface area contributed by atoms with Crippen molar-refractivity contribution in [1.29, 1.82) is 5.26 Å². The minimum Gasteiger partial charge on any atom is -0.397 e. The van der Waals surface area contributed by atoms with Crippen LogP contribution in [0.25, 0.3) is 10.2 Å². The number of fused-ring (bicyclic) bond motifs is 1. The van der Waals surface area contributed by atoms with Gasteiger partial charge in [0.15, 0.2) is 0 Å². The van der Waals surface area contributed by atoms with Crippen LogP contribution in [0.3, 0.4) is 0 Å². The number of nitriles is 1. The highest BCUT2D eigenvalue weighted by molar-refractivity contribution is 7.21. The Hall–Kier alpha value is -2.91. The van der Waals surface area contributed by atoms with Gasteiger partial charge in [-0.05, 0) is 55.5 Å². The molecule has 0 aliphatic rings. The quantitative estimate of drug-likeness (QED) is 0.682. The van der Waals surface area contributed by atoms with Gasteiger partial charge < -0.3 is 11.5 Å². The number of hydrogen-bond donors (Lipinski definition) is 2. The number of thiophene rings is 1. The third-order valence-electron chi connectivity index (χ3n) is 4.77. The highest BCUT2D eigenvalue weighted by atomic mass is 32.1. The molecule has 2 heterocycles. The SMILES string of the molecule is CCc1c(C#N)c(N)nc2sc(C(=O)c3cc(C)c(C)cc3C)c(N)c12. The van der Waals surface area contributed by atoms with Gasteiger partial charge in [-0.3, -0.25) is 4.79 Å². The summed E-state index contributed by atoms with van der Waals surface area (Å²) in [6.45, 7) is 7.86. The van der Waals surface area contributed by atoms with Gasteiger partial charge in [0.05, 0.1) is 11.3 Å². The largest absolute Gasteiger partial charge is 0.397 e. The summed E-state index contributed by atoms with van der Waals surface area (Å²) < 4.78 is 0. The minimum atomic E-state index is -0.120. The maximum atomic E-state index is 13.2. The normalized spacial score (nSPS) is 10.9. The number of aryl methyl sites for hydroxylation is 4.